The standard InChI is InChI=1S/C2H2Cl.Pb/c1-2-3;/h1-2H;. The average Bonchev–Trinajstić information content (AvgIpc) is 1.37. The van der Waals surface area contributed by atoms with E-state index in [4.69, 9.17) is 11.6 Å². The van der Waals surface area contributed by atoms with Gasteiger partial charge in [0.15, 0.2) is 0 Å². The van der Waals surface area contributed by atoms with Crippen molar-refractivity contribution in [1.82, 2.24) is 0 Å². The van der Waals surface area contributed by atoms with Gasteiger partial charge < -0.3 is 0 Å². The summed E-state index contributed by atoms with van der Waals surface area (Å²) in [6.07, 6.45) is 0. The predicted molar refractivity (Wildman–Crippen MR) is 20.7 cm³/mol. The zero-order valence-corrected chi connectivity index (χ0v) is 6.68. The summed E-state index contributed by atoms with van der Waals surface area (Å²) in [5, 5.41) is 0. The third-order valence-electron chi connectivity index (χ3n) is 0.0630. The fourth-order valence-electron chi connectivity index (χ4n) is 0. The van der Waals surface area contributed by atoms with Crippen LogP contribution in [0.5, 0.6) is 0 Å². The minimum atomic E-state index is 1.08. The predicted octanol–water partition coefficient (Wildman–Crippen LogP) is 0.865. The molecular formula is C2H2ClPb. The van der Waals surface area contributed by atoms with Crippen LogP contribution in [-0.2, 0) is 0 Å². The SMILES string of the molecule is Cl/C=[CH]/[Pb]. The molecule has 21 valence electrons. The van der Waals surface area contributed by atoms with Crippen LogP contribution in [0.4, 0.5) is 0 Å². The Morgan fingerprint density at radius 1 is 1.75 bits per heavy atom. The van der Waals surface area contributed by atoms with Crippen LogP contribution >= 0.6 is 11.6 Å². The third kappa shape index (κ3) is 2.95. The van der Waals surface area contributed by atoms with Crippen LogP contribution in [0.15, 0.2) is 9.17 Å². The second-order valence-electron chi connectivity index (χ2n) is 0.293. The Morgan fingerprint density at radius 3 is 2.00 bits per heavy atom. The van der Waals surface area contributed by atoms with Crippen LogP contribution in [0, 0.1) is 0 Å². The van der Waals surface area contributed by atoms with Crippen molar-refractivity contribution in [2.45, 2.75) is 0 Å². The van der Waals surface area contributed by atoms with Crippen molar-refractivity contribution in [1.29, 1.82) is 0 Å². The van der Waals surface area contributed by atoms with E-state index in [-0.39, 0.29) is 0 Å². The first-order valence-electron chi connectivity index (χ1n) is 0.840. The molecule has 0 spiro atoms. The molecule has 2 heteroatoms. The molecule has 0 aliphatic heterocycles. The summed E-state index contributed by atoms with van der Waals surface area (Å²) >= 11 is 6.12. The van der Waals surface area contributed by atoms with Crippen LogP contribution in [0.3, 0.4) is 0 Å². The molecular weight excluding hydrogens is 267 g/mol. The van der Waals surface area contributed by atoms with Crippen molar-refractivity contribution in [3.05, 3.63) is 9.17 Å². The number of rotatable bonds is 0. The van der Waals surface area contributed by atoms with Gasteiger partial charge in [0.1, 0.15) is 0 Å². The van der Waals surface area contributed by atoms with Crippen molar-refractivity contribution in [2.24, 2.45) is 0 Å². The van der Waals surface area contributed by atoms with E-state index in [9.17, 15) is 0 Å². The van der Waals surface area contributed by atoms with Crippen molar-refractivity contribution < 1.29 is 0 Å². The van der Waals surface area contributed by atoms with E-state index in [0.717, 1.165) is 25.8 Å². The van der Waals surface area contributed by atoms with Crippen molar-refractivity contribution in [3.63, 3.8) is 0 Å². The topological polar surface area (TPSA) is 0 Å². The molecule has 0 aromatic heterocycles. The van der Waals surface area contributed by atoms with E-state index >= 15 is 0 Å². The second kappa shape index (κ2) is 3.95. The molecule has 0 heterocycles. The van der Waals surface area contributed by atoms with Gasteiger partial charge in [-0.05, 0) is 0 Å². The summed E-state index contributed by atoms with van der Waals surface area (Å²) in [7, 11) is 0. The molecule has 0 N–H and O–H groups in total. The van der Waals surface area contributed by atoms with Crippen molar-refractivity contribution >= 4 is 37.4 Å². The van der Waals surface area contributed by atoms with Gasteiger partial charge in [0.2, 0.25) is 0 Å². The number of hydrogen-bond acceptors (Lipinski definition) is 0. The molecule has 0 aliphatic carbocycles. The zero-order chi connectivity index (χ0) is 3.41. The van der Waals surface area contributed by atoms with Gasteiger partial charge in [-0.15, -0.1) is 0 Å². The fraction of sp³-hybridized carbons (Fsp3) is 0. The molecule has 0 aliphatic rings. The minimum absolute atomic E-state index is 1.08. The Morgan fingerprint density at radius 2 is 2.00 bits per heavy atom. The molecule has 0 aromatic rings. The van der Waals surface area contributed by atoms with Crippen LogP contribution in [-0.4, -0.2) is 25.8 Å². The van der Waals surface area contributed by atoms with E-state index in [1.54, 1.807) is 0 Å². The Kier molecular flexibility index (Phi) is 4.89. The monoisotopic (exact) mass is 269 g/mol. The Balaban J connectivity index is 2.55. The fourth-order valence-corrected chi connectivity index (χ4v) is 0. The summed E-state index contributed by atoms with van der Waals surface area (Å²) < 4.78 is 1.90. The summed E-state index contributed by atoms with van der Waals surface area (Å²) in [6, 6.07) is 0. The van der Waals surface area contributed by atoms with Crippen molar-refractivity contribution in [2.75, 3.05) is 0 Å². The Labute approximate surface area is 46.5 Å². The first-order valence-corrected chi connectivity index (χ1v) is 3.52. The summed E-state index contributed by atoms with van der Waals surface area (Å²) in [6.45, 7) is 0. The number of halogens is 1. The molecule has 4 heavy (non-hydrogen) atoms. The zero-order valence-electron chi connectivity index (χ0n) is 2.03. The molecule has 0 atom stereocenters. The quantitative estimate of drug-likeness (QED) is 0.572. The summed E-state index contributed by atoms with van der Waals surface area (Å²) in [4.78, 5) is 0. The van der Waals surface area contributed by atoms with Gasteiger partial charge in [-0.25, -0.2) is 0 Å². The van der Waals surface area contributed by atoms with E-state index in [0.29, 0.717) is 0 Å². The van der Waals surface area contributed by atoms with Gasteiger partial charge in [0.25, 0.3) is 0 Å². The Bertz CT molecular complexity index is 21.2. The molecule has 0 fully saturated rings. The van der Waals surface area contributed by atoms with Crippen molar-refractivity contribution in [3.8, 4) is 0 Å². The van der Waals surface area contributed by atoms with E-state index in [1.165, 1.54) is 5.54 Å². The van der Waals surface area contributed by atoms with Crippen LogP contribution in [0.2, 0.25) is 0 Å². The molecule has 0 saturated carbocycles. The first-order chi connectivity index (χ1) is 1.91. The van der Waals surface area contributed by atoms with Gasteiger partial charge in [-0.1, -0.05) is 0 Å². The van der Waals surface area contributed by atoms with E-state index in [1.807, 2.05) is 3.64 Å². The van der Waals surface area contributed by atoms with Gasteiger partial charge >= 0.3 is 46.5 Å². The normalized spacial score (nSPS) is 9.50. The molecule has 0 aromatic carbocycles. The van der Waals surface area contributed by atoms with Gasteiger partial charge in [-0.2, -0.15) is 0 Å². The molecule has 0 unspecified atom stereocenters. The average molecular weight is 269 g/mol. The molecule has 0 rings (SSSR count). The molecule has 0 bridgehead atoms. The maximum atomic E-state index is 5.04. The van der Waals surface area contributed by atoms with Crippen LogP contribution in [0.1, 0.15) is 0 Å². The molecule has 0 amide bonds. The summed E-state index contributed by atoms with van der Waals surface area (Å²) in [5.74, 6) is 0. The van der Waals surface area contributed by atoms with Gasteiger partial charge in [0, 0.05) is 0 Å². The third-order valence-corrected chi connectivity index (χ3v) is 1.66. The molecule has 0 nitrogen and oxygen atoms in total. The first kappa shape index (κ1) is 4.95. The van der Waals surface area contributed by atoms with Crippen LogP contribution in [0.25, 0.3) is 0 Å². The maximum absolute atomic E-state index is 5.04. The van der Waals surface area contributed by atoms with Gasteiger partial charge in [-0.3, -0.25) is 0 Å². The molecule has 0 saturated heterocycles. The van der Waals surface area contributed by atoms with Crippen LogP contribution < -0.4 is 0 Å². The second-order valence-corrected chi connectivity index (χ2v) is 1.84. The van der Waals surface area contributed by atoms with E-state index < -0.39 is 0 Å². The van der Waals surface area contributed by atoms with E-state index in [2.05, 4.69) is 0 Å². The molecule has 3 radical (unpaired) electrons. The van der Waals surface area contributed by atoms with Gasteiger partial charge in [0.05, 0.1) is 0 Å². The number of hydrogen-bond donors (Lipinski definition) is 0. The Hall–Kier alpha value is 0.952. The summed E-state index contributed by atoms with van der Waals surface area (Å²) in [5.41, 5.74) is 1.53.